The average Bonchev–Trinajstić information content (AvgIpc) is 3.19. The van der Waals surface area contributed by atoms with Gasteiger partial charge in [0.05, 0.1) is 0 Å². The lowest BCUT2D eigenvalue weighted by molar-refractivity contribution is 0.202. The van der Waals surface area contributed by atoms with Gasteiger partial charge in [0.2, 0.25) is 0 Å². The van der Waals surface area contributed by atoms with Crippen LogP contribution < -0.4 is 5.32 Å². The minimum Gasteiger partial charge on any atom is -0.335 e. The van der Waals surface area contributed by atoms with E-state index in [9.17, 15) is 9.00 Å². The number of carbonyl (C=O) groups excluding carboxylic acids is 1. The number of amides is 2. The van der Waals surface area contributed by atoms with E-state index in [1.54, 1.807) is 11.2 Å². The normalized spacial score (nSPS) is 18.6. The van der Waals surface area contributed by atoms with Crippen molar-refractivity contribution in [2.24, 2.45) is 0 Å². The van der Waals surface area contributed by atoms with Gasteiger partial charge in [-0.05, 0) is 25.3 Å². The van der Waals surface area contributed by atoms with Crippen LogP contribution >= 0.6 is 0 Å². The van der Waals surface area contributed by atoms with E-state index in [-0.39, 0.29) is 17.5 Å². The molecular weight excluding hydrogens is 284 g/mol. The Labute approximate surface area is 129 Å². The van der Waals surface area contributed by atoms with E-state index in [1.807, 2.05) is 32.2 Å². The summed E-state index contributed by atoms with van der Waals surface area (Å²) >= 11 is 0. The number of nitrogens with one attached hydrogen (secondary N) is 1. The molecule has 0 aromatic heterocycles. The number of carbonyl (C=O) groups is 1. The lowest BCUT2D eigenvalue weighted by Gasteiger charge is -2.26. The van der Waals surface area contributed by atoms with E-state index in [1.165, 1.54) is 5.56 Å². The van der Waals surface area contributed by atoms with Crippen LogP contribution in [0.15, 0.2) is 30.3 Å². The zero-order chi connectivity index (χ0) is 15.5. The number of nitrogens with zero attached hydrogens (tertiary/aromatic N) is 1. The van der Waals surface area contributed by atoms with Gasteiger partial charge < -0.3 is 10.2 Å². The maximum absolute atomic E-state index is 12.2. The van der Waals surface area contributed by atoms with E-state index in [0.717, 1.165) is 19.4 Å². The van der Waals surface area contributed by atoms with Gasteiger partial charge in [0, 0.05) is 47.9 Å². The molecule has 0 radical (unpaired) electrons. The molecule has 5 heteroatoms. The van der Waals surface area contributed by atoms with E-state index in [4.69, 9.17) is 0 Å². The molecule has 1 aliphatic rings. The SMILES string of the molecule is C[C@H](C[S@@](C)=O)NC(=O)N(C)CC1(c2ccccc2)CC1. The fourth-order valence-corrected chi connectivity index (χ4v) is 3.51. The van der Waals surface area contributed by atoms with Crippen molar-refractivity contribution in [1.29, 1.82) is 0 Å². The highest BCUT2D eigenvalue weighted by molar-refractivity contribution is 7.84. The van der Waals surface area contributed by atoms with Crippen LogP contribution in [0.5, 0.6) is 0 Å². The highest BCUT2D eigenvalue weighted by Crippen LogP contribution is 2.48. The summed E-state index contributed by atoms with van der Waals surface area (Å²) in [6.07, 6.45) is 3.91. The first-order chi connectivity index (χ1) is 9.93. The second-order valence-corrected chi connectivity index (χ2v) is 7.57. The molecule has 0 spiro atoms. The largest absolute Gasteiger partial charge is 0.335 e. The smallest absolute Gasteiger partial charge is 0.317 e. The highest BCUT2D eigenvalue weighted by Gasteiger charge is 2.45. The molecule has 0 heterocycles. The predicted molar refractivity (Wildman–Crippen MR) is 86.9 cm³/mol. The summed E-state index contributed by atoms with van der Waals surface area (Å²) in [6.45, 7) is 2.61. The van der Waals surface area contributed by atoms with Gasteiger partial charge in [-0.25, -0.2) is 4.79 Å². The van der Waals surface area contributed by atoms with Crippen LogP contribution in [0.2, 0.25) is 0 Å². The fourth-order valence-electron chi connectivity index (χ4n) is 2.72. The Hall–Kier alpha value is -1.36. The molecule has 1 saturated carbocycles. The van der Waals surface area contributed by atoms with Crippen LogP contribution in [-0.2, 0) is 16.2 Å². The van der Waals surface area contributed by atoms with Gasteiger partial charge in [-0.15, -0.1) is 0 Å². The quantitative estimate of drug-likeness (QED) is 0.875. The molecular formula is C16H24N2O2S. The minimum atomic E-state index is -0.895. The van der Waals surface area contributed by atoms with Gasteiger partial charge >= 0.3 is 6.03 Å². The Bertz CT molecular complexity index is 514. The Morgan fingerprint density at radius 2 is 2.00 bits per heavy atom. The molecule has 0 unspecified atom stereocenters. The number of hydrogen-bond donors (Lipinski definition) is 1. The maximum atomic E-state index is 12.2. The zero-order valence-electron chi connectivity index (χ0n) is 13.0. The molecule has 1 fully saturated rings. The summed E-state index contributed by atoms with van der Waals surface area (Å²) in [5, 5.41) is 2.91. The summed E-state index contributed by atoms with van der Waals surface area (Å²) < 4.78 is 11.2. The summed E-state index contributed by atoms with van der Waals surface area (Å²) in [4.78, 5) is 13.9. The Morgan fingerprint density at radius 1 is 1.38 bits per heavy atom. The van der Waals surface area contributed by atoms with Crippen molar-refractivity contribution in [2.75, 3.05) is 25.6 Å². The third kappa shape index (κ3) is 4.30. The van der Waals surface area contributed by atoms with E-state index >= 15 is 0 Å². The molecule has 2 rings (SSSR count). The van der Waals surface area contributed by atoms with Crippen molar-refractivity contribution in [1.82, 2.24) is 10.2 Å². The molecule has 4 nitrogen and oxygen atoms in total. The molecule has 1 aromatic rings. The van der Waals surface area contributed by atoms with Crippen molar-refractivity contribution in [3.05, 3.63) is 35.9 Å². The molecule has 116 valence electrons. The van der Waals surface area contributed by atoms with E-state index in [0.29, 0.717) is 5.75 Å². The molecule has 2 amide bonds. The fraction of sp³-hybridized carbons (Fsp3) is 0.562. The summed E-state index contributed by atoms with van der Waals surface area (Å²) in [6, 6.07) is 10.2. The molecule has 2 atom stereocenters. The number of hydrogen-bond acceptors (Lipinski definition) is 2. The van der Waals surface area contributed by atoms with Crippen molar-refractivity contribution < 1.29 is 9.00 Å². The predicted octanol–water partition coefficient (Wildman–Crippen LogP) is 2.13. The summed E-state index contributed by atoms with van der Waals surface area (Å²) in [5.41, 5.74) is 1.44. The third-order valence-corrected chi connectivity index (χ3v) is 4.95. The van der Waals surface area contributed by atoms with Crippen LogP contribution in [0.1, 0.15) is 25.3 Å². The second-order valence-electron chi connectivity index (χ2n) is 6.09. The van der Waals surface area contributed by atoms with Crippen molar-refractivity contribution >= 4 is 16.8 Å². The zero-order valence-corrected chi connectivity index (χ0v) is 13.8. The minimum absolute atomic E-state index is 0.0716. The monoisotopic (exact) mass is 308 g/mol. The van der Waals surface area contributed by atoms with E-state index < -0.39 is 10.8 Å². The maximum Gasteiger partial charge on any atom is 0.317 e. The first kappa shape index (κ1) is 16.0. The van der Waals surface area contributed by atoms with Gasteiger partial charge in [-0.3, -0.25) is 4.21 Å². The van der Waals surface area contributed by atoms with Gasteiger partial charge in [0.25, 0.3) is 0 Å². The van der Waals surface area contributed by atoms with Crippen molar-refractivity contribution in [3.63, 3.8) is 0 Å². The summed E-state index contributed by atoms with van der Waals surface area (Å²) in [5.74, 6) is 0.489. The van der Waals surface area contributed by atoms with Gasteiger partial charge in [0.15, 0.2) is 0 Å². The van der Waals surface area contributed by atoms with Crippen molar-refractivity contribution in [3.8, 4) is 0 Å². The van der Waals surface area contributed by atoms with Crippen LogP contribution in [0, 0.1) is 0 Å². The molecule has 0 saturated heterocycles. The lowest BCUT2D eigenvalue weighted by atomic mass is 9.95. The Morgan fingerprint density at radius 3 is 2.52 bits per heavy atom. The Balaban J connectivity index is 1.91. The van der Waals surface area contributed by atoms with E-state index in [2.05, 4.69) is 17.4 Å². The standard InChI is InChI=1S/C16H24N2O2S/c1-13(11-21(3)20)17-15(19)18(2)12-16(9-10-16)14-7-5-4-6-8-14/h4-8,13H,9-12H2,1-3H3,(H,17,19)/t13-,21-/m1/s1. The number of urea groups is 1. The number of rotatable bonds is 6. The van der Waals surface area contributed by atoms with Gasteiger partial charge in [-0.2, -0.15) is 0 Å². The topological polar surface area (TPSA) is 49.4 Å². The molecule has 1 aromatic carbocycles. The third-order valence-electron chi connectivity index (χ3n) is 3.98. The first-order valence-electron chi connectivity index (χ1n) is 7.30. The molecule has 1 aliphatic carbocycles. The van der Waals surface area contributed by atoms with Gasteiger partial charge in [0.1, 0.15) is 0 Å². The second kappa shape index (κ2) is 6.60. The van der Waals surface area contributed by atoms with Crippen LogP contribution in [0.4, 0.5) is 4.79 Å². The van der Waals surface area contributed by atoms with Crippen molar-refractivity contribution in [2.45, 2.75) is 31.2 Å². The Kier molecular flexibility index (Phi) is 5.04. The molecule has 1 N–H and O–H groups in total. The average molecular weight is 308 g/mol. The van der Waals surface area contributed by atoms with Crippen LogP contribution in [-0.4, -0.2) is 46.8 Å². The lowest BCUT2D eigenvalue weighted by Crippen LogP contribution is -2.46. The van der Waals surface area contributed by atoms with Gasteiger partial charge in [-0.1, -0.05) is 30.3 Å². The molecule has 21 heavy (non-hydrogen) atoms. The number of likely N-dealkylation sites (N-methyl/N-ethyl adjacent to an activating group) is 1. The molecule has 0 aliphatic heterocycles. The highest BCUT2D eigenvalue weighted by atomic mass is 32.2. The van der Waals surface area contributed by atoms with Crippen LogP contribution in [0.3, 0.4) is 0 Å². The first-order valence-corrected chi connectivity index (χ1v) is 9.03. The molecule has 0 bridgehead atoms. The summed E-state index contributed by atoms with van der Waals surface area (Å²) in [7, 11) is 0.932. The van der Waals surface area contributed by atoms with Crippen LogP contribution in [0.25, 0.3) is 0 Å². The number of benzene rings is 1.